The van der Waals surface area contributed by atoms with E-state index in [0.717, 1.165) is 25.3 Å². The van der Waals surface area contributed by atoms with Gasteiger partial charge in [0.1, 0.15) is 18.1 Å². The fraction of sp³-hybridized carbons (Fsp3) is 0.353. The molecule has 2 rings (SSSR count). The normalized spacial score (nSPS) is 10.8. The van der Waals surface area contributed by atoms with Gasteiger partial charge in [-0.3, -0.25) is 9.69 Å². The minimum atomic E-state index is -0.298. The zero-order chi connectivity index (χ0) is 15.1. The second-order valence-electron chi connectivity index (χ2n) is 5.12. The van der Waals surface area contributed by atoms with Crippen molar-refractivity contribution in [3.8, 4) is 0 Å². The molecule has 2 aromatic rings. The number of ether oxygens (including phenoxy) is 1. The van der Waals surface area contributed by atoms with Crippen molar-refractivity contribution in [1.82, 2.24) is 4.90 Å². The van der Waals surface area contributed by atoms with Crippen LogP contribution in [0, 0.1) is 0 Å². The van der Waals surface area contributed by atoms with Gasteiger partial charge >= 0.3 is 5.97 Å². The molecule has 1 heterocycles. The lowest BCUT2D eigenvalue weighted by Crippen LogP contribution is -2.20. The van der Waals surface area contributed by atoms with Crippen molar-refractivity contribution in [2.45, 2.75) is 26.5 Å². The molecule has 0 spiro atoms. The molecular formula is C17H21NO3. The van der Waals surface area contributed by atoms with E-state index in [1.807, 2.05) is 18.2 Å². The first kappa shape index (κ1) is 15.3. The standard InChI is InChI=1S/C17H21NO3/c1-14(19)20-13-17-9-8-16(21-17)12-18(2)11-10-15-6-4-3-5-7-15/h3-9H,10-13H2,1-2H3. The molecule has 0 radical (unpaired) electrons. The predicted octanol–water partition coefficient (Wildman–Crippen LogP) is 3.02. The van der Waals surface area contributed by atoms with Gasteiger partial charge in [-0.15, -0.1) is 0 Å². The fourth-order valence-electron chi connectivity index (χ4n) is 2.07. The molecular weight excluding hydrogens is 266 g/mol. The lowest BCUT2D eigenvalue weighted by atomic mass is 10.1. The minimum absolute atomic E-state index is 0.197. The van der Waals surface area contributed by atoms with E-state index in [2.05, 4.69) is 36.2 Å². The number of benzene rings is 1. The summed E-state index contributed by atoms with van der Waals surface area (Å²) in [5.74, 6) is 1.26. The SMILES string of the molecule is CC(=O)OCc1ccc(CN(C)CCc2ccccc2)o1. The second-order valence-corrected chi connectivity index (χ2v) is 5.12. The number of rotatable bonds is 7. The Morgan fingerprint density at radius 1 is 1.14 bits per heavy atom. The number of carbonyl (C=O) groups excluding carboxylic acids is 1. The maximum atomic E-state index is 10.7. The average Bonchev–Trinajstić information content (AvgIpc) is 2.91. The quantitative estimate of drug-likeness (QED) is 0.734. The van der Waals surface area contributed by atoms with Crippen LogP contribution in [0.1, 0.15) is 24.0 Å². The molecule has 0 aliphatic rings. The minimum Gasteiger partial charge on any atom is -0.461 e. The lowest BCUT2D eigenvalue weighted by molar-refractivity contribution is -0.142. The highest BCUT2D eigenvalue weighted by atomic mass is 16.5. The third kappa shape index (κ3) is 5.44. The molecule has 1 aromatic carbocycles. The van der Waals surface area contributed by atoms with Gasteiger partial charge in [0.05, 0.1) is 6.54 Å². The molecule has 0 fully saturated rings. The van der Waals surface area contributed by atoms with Crippen molar-refractivity contribution in [1.29, 1.82) is 0 Å². The van der Waals surface area contributed by atoms with E-state index >= 15 is 0 Å². The van der Waals surface area contributed by atoms with E-state index < -0.39 is 0 Å². The highest BCUT2D eigenvalue weighted by molar-refractivity contribution is 5.65. The Hall–Kier alpha value is -2.07. The molecule has 0 N–H and O–H groups in total. The van der Waals surface area contributed by atoms with Gasteiger partial charge in [-0.2, -0.15) is 0 Å². The van der Waals surface area contributed by atoms with Gasteiger partial charge in [0.15, 0.2) is 0 Å². The van der Waals surface area contributed by atoms with Crippen molar-refractivity contribution in [3.05, 3.63) is 59.5 Å². The number of carbonyl (C=O) groups is 1. The zero-order valence-corrected chi connectivity index (χ0v) is 12.5. The highest BCUT2D eigenvalue weighted by Crippen LogP contribution is 2.11. The monoisotopic (exact) mass is 287 g/mol. The molecule has 0 aliphatic heterocycles. The van der Waals surface area contributed by atoms with E-state index in [9.17, 15) is 4.79 Å². The number of hydrogen-bond donors (Lipinski definition) is 0. The van der Waals surface area contributed by atoms with E-state index in [-0.39, 0.29) is 12.6 Å². The average molecular weight is 287 g/mol. The van der Waals surface area contributed by atoms with Crippen LogP contribution in [0.2, 0.25) is 0 Å². The summed E-state index contributed by atoms with van der Waals surface area (Å²) in [6.45, 7) is 3.29. The Bertz CT molecular complexity index is 562. The summed E-state index contributed by atoms with van der Waals surface area (Å²) in [5.41, 5.74) is 1.33. The summed E-state index contributed by atoms with van der Waals surface area (Å²) in [4.78, 5) is 13.0. The molecule has 4 heteroatoms. The molecule has 0 saturated carbocycles. The molecule has 1 aromatic heterocycles. The van der Waals surface area contributed by atoms with E-state index in [1.165, 1.54) is 12.5 Å². The molecule has 0 bridgehead atoms. The van der Waals surface area contributed by atoms with Crippen LogP contribution in [0.15, 0.2) is 46.9 Å². The first-order valence-corrected chi connectivity index (χ1v) is 7.07. The highest BCUT2D eigenvalue weighted by Gasteiger charge is 2.07. The summed E-state index contributed by atoms with van der Waals surface area (Å²) < 4.78 is 10.5. The third-order valence-electron chi connectivity index (χ3n) is 3.19. The fourth-order valence-corrected chi connectivity index (χ4v) is 2.07. The maximum Gasteiger partial charge on any atom is 0.303 e. The Balaban J connectivity index is 1.77. The van der Waals surface area contributed by atoms with E-state index in [1.54, 1.807) is 0 Å². The van der Waals surface area contributed by atoms with Crippen LogP contribution in [-0.2, 0) is 29.1 Å². The molecule has 112 valence electrons. The number of hydrogen-bond acceptors (Lipinski definition) is 4. The van der Waals surface area contributed by atoms with Gasteiger partial charge in [-0.05, 0) is 31.2 Å². The van der Waals surface area contributed by atoms with Crippen LogP contribution in [0.3, 0.4) is 0 Å². The number of likely N-dealkylation sites (N-methyl/N-ethyl adjacent to an activating group) is 1. The maximum absolute atomic E-state index is 10.7. The van der Waals surface area contributed by atoms with Crippen LogP contribution < -0.4 is 0 Å². The molecule has 21 heavy (non-hydrogen) atoms. The molecule has 0 amide bonds. The number of esters is 1. The Morgan fingerprint density at radius 3 is 2.57 bits per heavy atom. The third-order valence-corrected chi connectivity index (χ3v) is 3.19. The first-order valence-electron chi connectivity index (χ1n) is 7.07. The summed E-state index contributed by atoms with van der Waals surface area (Å²) in [5, 5.41) is 0. The zero-order valence-electron chi connectivity index (χ0n) is 12.5. The summed E-state index contributed by atoms with van der Waals surface area (Å²) in [6.07, 6.45) is 1.01. The Morgan fingerprint density at radius 2 is 1.86 bits per heavy atom. The predicted molar refractivity (Wildman–Crippen MR) is 80.7 cm³/mol. The molecule has 0 atom stereocenters. The first-order chi connectivity index (χ1) is 10.1. The van der Waals surface area contributed by atoms with Gasteiger partial charge in [-0.1, -0.05) is 30.3 Å². The number of nitrogens with zero attached hydrogens (tertiary/aromatic N) is 1. The van der Waals surface area contributed by atoms with Crippen molar-refractivity contribution in [2.75, 3.05) is 13.6 Å². The molecule has 0 saturated heterocycles. The number of furan rings is 1. The summed E-state index contributed by atoms with van der Waals surface area (Å²) >= 11 is 0. The smallest absolute Gasteiger partial charge is 0.303 e. The molecule has 4 nitrogen and oxygen atoms in total. The van der Waals surface area contributed by atoms with Crippen molar-refractivity contribution in [3.63, 3.8) is 0 Å². The van der Waals surface area contributed by atoms with Gasteiger partial charge in [0, 0.05) is 13.5 Å². The summed E-state index contributed by atoms with van der Waals surface area (Å²) in [6, 6.07) is 14.2. The van der Waals surface area contributed by atoms with Gasteiger partial charge in [-0.25, -0.2) is 0 Å². The second kappa shape index (κ2) is 7.64. The van der Waals surface area contributed by atoms with Crippen LogP contribution in [-0.4, -0.2) is 24.5 Å². The van der Waals surface area contributed by atoms with Gasteiger partial charge in [0.25, 0.3) is 0 Å². The summed E-state index contributed by atoms with van der Waals surface area (Å²) in [7, 11) is 2.07. The van der Waals surface area contributed by atoms with Crippen LogP contribution in [0.4, 0.5) is 0 Å². The van der Waals surface area contributed by atoms with Gasteiger partial charge in [0.2, 0.25) is 0 Å². The van der Waals surface area contributed by atoms with Crippen molar-refractivity contribution in [2.24, 2.45) is 0 Å². The van der Waals surface area contributed by atoms with Crippen molar-refractivity contribution >= 4 is 5.97 Å². The van der Waals surface area contributed by atoms with Gasteiger partial charge < -0.3 is 9.15 Å². The van der Waals surface area contributed by atoms with E-state index in [0.29, 0.717) is 5.76 Å². The largest absolute Gasteiger partial charge is 0.461 e. The van der Waals surface area contributed by atoms with Crippen LogP contribution in [0.5, 0.6) is 0 Å². The lowest BCUT2D eigenvalue weighted by Gasteiger charge is -2.14. The molecule has 0 aliphatic carbocycles. The molecule has 0 unspecified atom stereocenters. The van der Waals surface area contributed by atoms with Crippen LogP contribution >= 0.6 is 0 Å². The Labute approximate surface area is 125 Å². The Kier molecular flexibility index (Phi) is 5.58. The van der Waals surface area contributed by atoms with Crippen molar-refractivity contribution < 1.29 is 13.9 Å². The van der Waals surface area contributed by atoms with Crippen LogP contribution in [0.25, 0.3) is 0 Å². The van der Waals surface area contributed by atoms with E-state index in [4.69, 9.17) is 9.15 Å². The topological polar surface area (TPSA) is 42.7 Å².